The largest absolute Gasteiger partial charge is 1.00 e. The van der Waals surface area contributed by atoms with Gasteiger partial charge < -0.3 is 9.69 Å². The van der Waals surface area contributed by atoms with E-state index in [1.807, 2.05) is 18.2 Å². The van der Waals surface area contributed by atoms with Gasteiger partial charge in [0.2, 0.25) is 11.8 Å². The molecule has 6 heteroatoms. The van der Waals surface area contributed by atoms with Crippen LogP contribution in [-0.2, 0) is 20.8 Å². The van der Waals surface area contributed by atoms with Crippen LogP contribution in [0.4, 0.5) is 5.69 Å². The summed E-state index contributed by atoms with van der Waals surface area (Å²) in [4.78, 5) is 32.4. The van der Waals surface area contributed by atoms with Gasteiger partial charge in [-0.1, -0.05) is 13.3 Å². The van der Waals surface area contributed by atoms with E-state index in [2.05, 4.69) is 18.3 Å². The molecule has 108 valence electrons. The van der Waals surface area contributed by atoms with Gasteiger partial charge in [-0.3, -0.25) is 21.0 Å². The maximum absolute atomic E-state index is 10.3. The maximum Gasteiger partial charge on any atom is 1.00 e. The third-order valence-electron chi connectivity index (χ3n) is 2.84. The second kappa shape index (κ2) is 10.5. The summed E-state index contributed by atoms with van der Waals surface area (Å²) in [7, 11) is 1.66. The number of hydrogen-bond donors (Lipinski definition) is 1. The smallest absolute Gasteiger partial charge is 0.501 e. The molecule has 1 fully saturated rings. The number of anilines is 1. The third kappa shape index (κ3) is 7.41. The van der Waals surface area contributed by atoms with Crippen LogP contribution in [0, 0.1) is 6.07 Å². The molecule has 0 unspecified atom stereocenters. The van der Waals surface area contributed by atoms with Gasteiger partial charge >= 0.3 is 29.6 Å². The number of nitrogens with one attached hydrogen (secondary N) is 1. The molecule has 21 heavy (non-hydrogen) atoms. The SMILES string of the molecule is CCc1cc[c-]c(N(C)[C-]=O)c1.O=C1CCCC(=O)N1.[Na+]. The van der Waals surface area contributed by atoms with Crippen LogP contribution in [0.3, 0.4) is 0 Å². The monoisotopic (exact) mass is 297 g/mol. The van der Waals surface area contributed by atoms with Crippen molar-refractivity contribution in [2.75, 3.05) is 11.9 Å². The summed E-state index contributed by atoms with van der Waals surface area (Å²) in [5, 5.41) is 2.20. The normalized spacial score (nSPS) is 13.2. The van der Waals surface area contributed by atoms with E-state index in [4.69, 9.17) is 0 Å². The van der Waals surface area contributed by atoms with E-state index in [9.17, 15) is 14.4 Å². The summed E-state index contributed by atoms with van der Waals surface area (Å²) < 4.78 is 0. The number of carbonyl (C=O) groups is 2. The molecule has 0 spiro atoms. The van der Waals surface area contributed by atoms with Gasteiger partial charge in [0.1, 0.15) is 0 Å². The number of aryl methyl sites for hydroxylation is 1. The van der Waals surface area contributed by atoms with Gasteiger partial charge in [-0.15, -0.1) is 0 Å². The summed E-state index contributed by atoms with van der Waals surface area (Å²) in [6.07, 6.45) is 4.48. The fraction of sp³-hybridized carbons (Fsp3) is 0.400. The van der Waals surface area contributed by atoms with Crippen LogP contribution in [0.25, 0.3) is 0 Å². The summed E-state index contributed by atoms with van der Waals surface area (Å²) >= 11 is 0. The van der Waals surface area contributed by atoms with E-state index < -0.39 is 0 Å². The first-order chi connectivity index (χ1) is 9.56. The summed E-state index contributed by atoms with van der Waals surface area (Å²) in [5.74, 6) is -0.275. The predicted molar refractivity (Wildman–Crippen MR) is 75.8 cm³/mol. The number of hydrogen-bond acceptors (Lipinski definition) is 3. The molecular formula is C15H18N2NaO3-. The van der Waals surface area contributed by atoms with Crippen LogP contribution >= 0.6 is 0 Å². The average Bonchev–Trinajstić information content (AvgIpc) is 2.47. The van der Waals surface area contributed by atoms with Crippen molar-refractivity contribution in [2.24, 2.45) is 0 Å². The molecule has 5 nitrogen and oxygen atoms in total. The minimum Gasteiger partial charge on any atom is -0.501 e. The summed E-state index contributed by atoms with van der Waals surface area (Å²) in [5.41, 5.74) is 1.97. The Hall–Kier alpha value is -1.17. The Kier molecular flexibility index (Phi) is 9.95. The molecule has 1 aromatic carbocycles. The maximum atomic E-state index is 10.3. The molecule has 1 aliphatic heterocycles. The van der Waals surface area contributed by atoms with Crippen molar-refractivity contribution in [3.8, 4) is 0 Å². The van der Waals surface area contributed by atoms with Gasteiger partial charge in [0, 0.05) is 12.8 Å². The Morgan fingerprint density at radius 1 is 1.33 bits per heavy atom. The van der Waals surface area contributed by atoms with Crippen LogP contribution in [-0.4, -0.2) is 25.3 Å². The third-order valence-corrected chi connectivity index (χ3v) is 2.84. The topological polar surface area (TPSA) is 66.5 Å². The molecule has 1 N–H and O–H groups in total. The molecule has 2 rings (SSSR count). The van der Waals surface area contributed by atoms with Crippen LogP contribution in [0.15, 0.2) is 18.2 Å². The Labute approximate surface area is 147 Å². The summed E-state index contributed by atoms with van der Waals surface area (Å²) in [6.45, 7) is 2.07. The molecule has 1 heterocycles. The Bertz CT molecular complexity index is 478. The number of rotatable bonds is 3. The van der Waals surface area contributed by atoms with Crippen molar-refractivity contribution in [3.05, 3.63) is 29.8 Å². The zero-order valence-corrected chi connectivity index (χ0v) is 14.7. The number of amides is 3. The Morgan fingerprint density at radius 3 is 2.38 bits per heavy atom. The number of carbonyl (C=O) groups excluding carboxylic acids is 3. The van der Waals surface area contributed by atoms with Crippen LogP contribution in [0.2, 0.25) is 0 Å². The van der Waals surface area contributed by atoms with Gasteiger partial charge in [0.15, 0.2) is 0 Å². The number of piperidine rings is 1. The van der Waals surface area contributed by atoms with Gasteiger partial charge in [0.05, 0.1) is 6.41 Å². The van der Waals surface area contributed by atoms with Crippen LogP contribution in [0.1, 0.15) is 31.7 Å². The van der Waals surface area contributed by atoms with Crippen molar-refractivity contribution in [2.45, 2.75) is 32.6 Å². The molecule has 1 aliphatic rings. The second-order valence-electron chi connectivity index (χ2n) is 4.41. The molecule has 0 aromatic heterocycles. The van der Waals surface area contributed by atoms with E-state index in [0.717, 1.165) is 12.1 Å². The molecule has 0 atom stereocenters. The van der Waals surface area contributed by atoms with Gasteiger partial charge in [-0.05, 0) is 13.5 Å². The van der Waals surface area contributed by atoms with E-state index in [1.165, 1.54) is 10.5 Å². The summed E-state index contributed by atoms with van der Waals surface area (Å²) in [6, 6.07) is 8.70. The minimum atomic E-state index is -0.138. The van der Waals surface area contributed by atoms with Crippen molar-refractivity contribution in [3.63, 3.8) is 0 Å². The predicted octanol–water partition coefficient (Wildman–Crippen LogP) is -1.63. The first kappa shape index (κ1) is 19.8. The Morgan fingerprint density at radius 2 is 1.95 bits per heavy atom. The first-order valence-electron chi connectivity index (χ1n) is 6.51. The second-order valence-corrected chi connectivity index (χ2v) is 4.41. The fourth-order valence-corrected chi connectivity index (χ4v) is 1.65. The number of imide groups is 1. The molecule has 0 bridgehead atoms. The van der Waals surface area contributed by atoms with E-state index in [1.54, 1.807) is 13.5 Å². The van der Waals surface area contributed by atoms with Crippen molar-refractivity contribution in [1.29, 1.82) is 0 Å². The molecule has 0 radical (unpaired) electrons. The van der Waals surface area contributed by atoms with Crippen LogP contribution < -0.4 is 39.8 Å². The van der Waals surface area contributed by atoms with Gasteiger partial charge in [0.25, 0.3) is 0 Å². The molecule has 0 aliphatic carbocycles. The Balaban J connectivity index is 0.000000390. The fourth-order valence-electron chi connectivity index (χ4n) is 1.65. The number of nitrogens with zero attached hydrogens (tertiary/aromatic N) is 1. The van der Waals surface area contributed by atoms with Crippen molar-refractivity contribution >= 4 is 23.9 Å². The van der Waals surface area contributed by atoms with E-state index in [-0.39, 0.29) is 41.4 Å². The molecule has 1 saturated heterocycles. The molecule has 0 saturated carbocycles. The van der Waals surface area contributed by atoms with Crippen molar-refractivity contribution in [1.82, 2.24) is 5.32 Å². The van der Waals surface area contributed by atoms with Gasteiger partial charge in [-0.25, -0.2) is 11.8 Å². The zero-order valence-electron chi connectivity index (χ0n) is 12.7. The number of benzene rings is 1. The van der Waals surface area contributed by atoms with Crippen molar-refractivity contribution < 1.29 is 43.9 Å². The average molecular weight is 297 g/mol. The van der Waals surface area contributed by atoms with Crippen LogP contribution in [0.5, 0.6) is 0 Å². The molecule has 1 aromatic rings. The van der Waals surface area contributed by atoms with E-state index in [0.29, 0.717) is 19.3 Å². The minimum absolute atomic E-state index is 0. The zero-order chi connectivity index (χ0) is 15.0. The standard InChI is InChI=1S/C10H11NO.C5H7NO2.Na/c1-3-9-5-4-6-10(7-9)11(2)8-12;7-4-2-1-3-5(8)6-4;/h4-5,7H,3H2,1-2H3;1-3H2,(H,6,7,8);/q-2;;+1. The quantitative estimate of drug-likeness (QED) is 0.315. The molecule has 3 amide bonds. The molecular weight excluding hydrogens is 279 g/mol. The van der Waals surface area contributed by atoms with E-state index >= 15 is 0 Å². The van der Waals surface area contributed by atoms with Gasteiger partial charge in [-0.2, -0.15) is 17.7 Å². The first-order valence-corrected chi connectivity index (χ1v) is 6.51.